The number of ether oxygens (including phenoxy) is 1. The molecular weight excluding hydrogens is 357 g/mol. The molecule has 0 spiro atoms. The molecular formula is C16H15ClFNO4S. The molecule has 0 radical (unpaired) electrons. The fourth-order valence-electron chi connectivity index (χ4n) is 2.01. The smallest absolute Gasteiger partial charge is 0.337 e. The predicted molar refractivity (Wildman–Crippen MR) is 90.3 cm³/mol. The number of methoxy groups -OCH3 is 1. The first kappa shape index (κ1) is 18.2. The van der Waals surface area contributed by atoms with Gasteiger partial charge < -0.3 is 4.74 Å². The molecule has 0 aromatic heterocycles. The lowest BCUT2D eigenvalue weighted by molar-refractivity contribution is 0.0601. The van der Waals surface area contributed by atoms with Gasteiger partial charge in [0.1, 0.15) is 5.82 Å². The number of sulfonamides is 1. The number of esters is 1. The Morgan fingerprint density at radius 2 is 1.96 bits per heavy atom. The van der Waals surface area contributed by atoms with Gasteiger partial charge in [-0.15, -0.1) is 0 Å². The Morgan fingerprint density at radius 3 is 2.62 bits per heavy atom. The third-order valence-electron chi connectivity index (χ3n) is 3.25. The molecule has 0 unspecified atom stereocenters. The molecule has 0 atom stereocenters. The van der Waals surface area contributed by atoms with Crippen molar-refractivity contribution in [3.05, 3.63) is 64.4 Å². The summed E-state index contributed by atoms with van der Waals surface area (Å²) in [4.78, 5) is 11.5. The first-order valence-corrected chi connectivity index (χ1v) is 8.97. The van der Waals surface area contributed by atoms with Crippen molar-refractivity contribution in [1.82, 2.24) is 0 Å². The molecule has 0 bridgehead atoms. The number of halogens is 2. The highest BCUT2D eigenvalue weighted by Gasteiger charge is 2.16. The molecule has 8 heteroatoms. The van der Waals surface area contributed by atoms with E-state index in [9.17, 15) is 17.6 Å². The first-order chi connectivity index (χ1) is 11.3. The second-order valence-electron chi connectivity index (χ2n) is 4.95. The number of carbonyl (C=O) groups excluding carboxylic acids is 1. The van der Waals surface area contributed by atoms with Crippen molar-refractivity contribution in [2.45, 2.75) is 6.42 Å². The van der Waals surface area contributed by atoms with Gasteiger partial charge in [-0.2, -0.15) is 0 Å². The molecule has 0 fully saturated rings. The standard InChI is InChI=1S/C16H15ClFNO4S/c1-23-16(20)12-6-7-13(17)15(10-12)19-24(21,22)9-8-11-4-2-3-5-14(11)18/h2-7,10,19H,8-9H2,1H3. The number of hydrogen-bond acceptors (Lipinski definition) is 4. The minimum absolute atomic E-state index is 0.0102. The van der Waals surface area contributed by atoms with E-state index in [1.165, 1.54) is 43.5 Å². The number of rotatable bonds is 6. The van der Waals surface area contributed by atoms with Crippen LogP contribution in [0, 0.1) is 5.82 Å². The molecule has 0 aliphatic rings. The van der Waals surface area contributed by atoms with Crippen molar-refractivity contribution in [3.8, 4) is 0 Å². The lowest BCUT2D eigenvalue weighted by atomic mass is 10.2. The van der Waals surface area contributed by atoms with Crippen molar-refractivity contribution in [2.75, 3.05) is 17.6 Å². The van der Waals surface area contributed by atoms with E-state index in [-0.39, 0.29) is 28.4 Å². The molecule has 0 saturated heterocycles. The molecule has 0 aliphatic carbocycles. The number of hydrogen-bond donors (Lipinski definition) is 1. The molecule has 0 heterocycles. The van der Waals surface area contributed by atoms with E-state index in [0.29, 0.717) is 5.56 Å². The van der Waals surface area contributed by atoms with E-state index >= 15 is 0 Å². The van der Waals surface area contributed by atoms with Crippen molar-refractivity contribution in [3.63, 3.8) is 0 Å². The first-order valence-electron chi connectivity index (χ1n) is 6.94. The van der Waals surface area contributed by atoms with Crippen LogP contribution >= 0.6 is 11.6 Å². The Hall–Kier alpha value is -2.12. The summed E-state index contributed by atoms with van der Waals surface area (Å²) in [6.45, 7) is 0. The minimum Gasteiger partial charge on any atom is -0.465 e. The van der Waals surface area contributed by atoms with Gasteiger partial charge in [-0.05, 0) is 36.2 Å². The third-order valence-corrected chi connectivity index (χ3v) is 4.85. The minimum atomic E-state index is -3.77. The molecule has 0 amide bonds. The second kappa shape index (κ2) is 7.63. The van der Waals surface area contributed by atoms with Crippen molar-refractivity contribution < 1.29 is 22.3 Å². The van der Waals surface area contributed by atoms with Crippen LogP contribution in [0.1, 0.15) is 15.9 Å². The third kappa shape index (κ3) is 4.69. The van der Waals surface area contributed by atoms with E-state index in [1.807, 2.05) is 0 Å². The summed E-state index contributed by atoms with van der Waals surface area (Å²) in [5.41, 5.74) is 0.527. The second-order valence-corrected chi connectivity index (χ2v) is 7.20. The SMILES string of the molecule is COC(=O)c1ccc(Cl)c(NS(=O)(=O)CCc2ccccc2F)c1. The lowest BCUT2D eigenvalue weighted by Gasteiger charge is -2.11. The summed E-state index contributed by atoms with van der Waals surface area (Å²) in [5, 5.41) is 0.136. The van der Waals surface area contributed by atoms with Crippen LogP contribution in [-0.2, 0) is 21.2 Å². The van der Waals surface area contributed by atoms with Gasteiger partial charge in [0, 0.05) is 0 Å². The molecule has 1 N–H and O–H groups in total. The molecule has 128 valence electrons. The number of aryl methyl sites for hydroxylation is 1. The molecule has 2 aromatic carbocycles. The van der Waals surface area contributed by atoms with Gasteiger partial charge in [-0.3, -0.25) is 4.72 Å². The maximum absolute atomic E-state index is 13.5. The van der Waals surface area contributed by atoms with Gasteiger partial charge in [-0.25, -0.2) is 17.6 Å². The summed E-state index contributed by atoms with van der Waals surface area (Å²) in [5.74, 6) is -1.40. The quantitative estimate of drug-likeness (QED) is 0.791. The number of carbonyl (C=O) groups is 1. The van der Waals surface area contributed by atoms with Crippen LogP contribution in [0.2, 0.25) is 5.02 Å². The van der Waals surface area contributed by atoms with Gasteiger partial charge in [0.25, 0.3) is 0 Å². The fraction of sp³-hybridized carbons (Fsp3) is 0.188. The molecule has 24 heavy (non-hydrogen) atoms. The highest BCUT2D eigenvalue weighted by atomic mass is 35.5. The zero-order valence-electron chi connectivity index (χ0n) is 12.8. The molecule has 2 aromatic rings. The maximum atomic E-state index is 13.5. The van der Waals surface area contributed by atoms with Gasteiger partial charge >= 0.3 is 5.97 Å². The van der Waals surface area contributed by atoms with Crippen LogP contribution in [-0.4, -0.2) is 27.2 Å². The fourth-order valence-corrected chi connectivity index (χ4v) is 3.33. The summed E-state index contributed by atoms with van der Waals surface area (Å²) < 4.78 is 44.8. The van der Waals surface area contributed by atoms with E-state index in [1.54, 1.807) is 6.07 Å². The topological polar surface area (TPSA) is 72.5 Å². The van der Waals surface area contributed by atoms with Crippen LogP contribution in [0.15, 0.2) is 42.5 Å². The largest absolute Gasteiger partial charge is 0.465 e. The summed E-state index contributed by atoms with van der Waals surface area (Å²) in [6.07, 6.45) is 0.0102. The number of benzene rings is 2. The Balaban J connectivity index is 2.14. The normalized spacial score (nSPS) is 11.1. The highest BCUT2D eigenvalue weighted by molar-refractivity contribution is 7.92. The lowest BCUT2D eigenvalue weighted by Crippen LogP contribution is -2.19. The predicted octanol–water partition coefficient (Wildman–Crippen LogP) is 3.25. The Kier molecular flexibility index (Phi) is 5.80. The van der Waals surface area contributed by atoms with E-state index in [2.05, 4.69) is 9.46 Å². The monoisotopic (exact) mass is 371 g/mol. The molecule has 0 saturated carbocycles. The summed E-state index contributed by atoms with van der Waals surface area (Å²) >= 11 is 5.95. The van der Waals surface area contributed by atoms with Crippen LogP contribution < -0.4 is 4.72 Å². The Morgan fingerprint density at radius 1 is 1.25 bits per heavy atom. The van der Waals surface area contributed by atoms with Crippen LogP contribution in [0.3, 0.4) is 0 Å². The van der Waals surface area contributed by atoms with Gasteiger partial charge in [0.15, 0.2) is 0 Å². The number of anilines is 1. The Bertz CT molecular complexity index is 855. The van der Waals surface area contributed by atoms with Crippen LogP contribution in [0.5, 0.6) is 0 Å². The average Bonchev–Trinajstić information content (AvgIpc) is 2.55. The Labute approximate surface area is 144 Å². The average molecular weight is 372 g/mol. The summed E-state index contributed by atoms with van der Waals surface area (Å²) in [6, 6.07) is 10.1. The summed E-state index contributed by atoms with van der Waals surface area (Å²) in [7, 11) is -2.56. The number of nitrogens with one attached hydrogen (secondary N) is 1. The molecule has 5 nitrogen and oxygen atoms in total. The van der Waals surface area contributed by atoms with Gasteiger partial charge in [0.05, 0.1) is 29.1 Å². The van der Waals surface area contributed by atoms with E-state index in [0.717, 1.165) is 0 Å². The van der Waals surface area contributed by atoms with Crippen molar-refractivity contribution in [1.29, 1.82) is 0 Å². The van der Waals surface area contributed by atoms with Crippen molar-refractivity contribution in [2.24, 2.45) is 0 Å². The van der Waals surface area contributed by atoms with Crippen molar-refractivity contribution >= 4 is 33.3 Å². The van der Waals surface area contributed by atoms with E-state index in [4.69, 9.17) is 11.6 Å². The van der Waals surface area contributed by atoms with Gasteiger partial charge in [0.2, 0.25) is 10.0 Å². The highest BCUT2D eigenvalue weighted by Crippen LogP contribution is 2.24. The zero-order chi connectivity index (χ0) is 17.7. The molecule has 0 aliphatic heterocycles. The zero-order valence-corrected chi connectivity index (χ0v) is 14.3. The maximum Gasteiger partial charge on any atom is 0.337 e. The van der Waals surface area contributed by atoms with Crippen LogP contribution in [0.25, 0.3) is 0 Å². The van der Waals surface area contributed by atoms with Gasteiger partial charge in [-0.1, -0.05) is 29.8 Å². The molecule has 2 rings (SSSR count). The van der Waals surface area contributed by atoms with Crippen LogP contribution in [0.4, 0.5) is 10.1 Å². The van der Waals surface area contributed by atoms with E-state index < -0.39 is 21.8 Å².